The third-order valence-corrected chi connectivity index (χ3v) is 4.07. The molecule has 7 heteroatoms. The average molecular weight is 469 g/mol. The van der Waals surface area contributed by atoms with Gasteiger partial charge in [-0.05, 0) is 50.1 Å². The van der Waals surface area contributed by atoms with Gasteiger partial charge in [-0.1, -0.05) is 12.2 Å². The van der Waals surface area contributed by atoms with E-state index >= 15 is 0 Å². The van der Waals surface area contributed by atoms with Gasteiger partial charge in [0.05, 0.1) is 11.4 Å². The van der Waals surface area contributed by atoms with Gasteiger partial charge in [0.1, 0.15) is 5.82 Å². The molecule has 0 aliphatic heterocycles. The van der Waals surface area contributed by atoms with E-state index in [0.717, 1.165) is 43.1 Å². The lowest BCUT2D eigenvalue weighted by Crippen LogP contribution is -2.42. The van der Waals surface area contributed by atoms with Gasteiger partial charge in [-0.25, -0.2) is 9.07 Å². The Morgan fingerprint density at radius 3 is 2.65 bits per heavy atom. The van der Waals surface area contributed by atoms with Crippen LogP contribution in [0.4, 0.5) is 4.39 Å². The van der Waals surface area contributed by atoms with Crippen LogP contribution in [0.2, 0.25) is 0 Å². The van der Waals surface area contributed by atoms with Crippen LogP contribution >= 0.6 is 24.0 Å². The fourth-order valence-electron chi connectivity index (χ4n) is 2.76. The Bertz CT molecular complexity index is 731. The molecule has 1 aliphatic carbocycles. The zero-order valence-corrected chi connectivity index (χ0v) is 17.2. The van der Waals surface area contributed by atoms with Crippen molar-refractivity contribution in [1.82, 2.24) is 20.4 Å². The molecule has 0 fully saturated rings. The minimum absolute atomic E-state index is 0. The molecule has 0 saturated heterocycles. The molecule has 1 aromatic carbocycles. The topological polar surface area (TPSA) is 54.2 Å². The van der Waals surface area contributed by atoms with Crippen LogP contribution in [0.1, 0.15) is 25.5 Å². The Balaban J connectivity index is 0.00000243. The largest absolute Gasteiger partial charge is 0.357 e. The van der Waals surface area contributed by atoms with Crippen molar-refractivity contribution in [3.05, 3.63) is 60.2 Å². The van der Waals surface area contributed by atoms with Gasteiger partial charge in [0.15, 0.2) is 5.96 Å². The average Bonchev–Trinajstić information content (AvgIpc) is 3.28. The van der Waals surface area contributed by atoms with E-state index in [1.54, 1.807) is 16.8 Å². The van der Waals surface area contributed by atoms with Crippen LogP contribution in [0, 0.1) is 5.82 Å². The smallest absolute Gasteiger partial charge is 0.191 e. The van der Waals surface area contributed by atoms with Crippen LogP contribution in [0.5, 0.6) is 0 Å². The predicted octanol–water partition coefficient (Wildman–Crippen LogP) is 3.45. The zero-order valence-electron chi connectivity index (χ0n) is 14.9. The summed E-state index contributed by atoms with van der Waals surface area (Å²) < 4.78 is 14.8. The molecule has 0 atom stereocenters. The summed E-state index contributed by atoms with van der Waals surface area (Å²) in [5.41, 5.74) is 1.81. The maximum absolute atomic E-state index is 13.0. The van der Waals surface area contributed by atoms with Crippen molar-refractivity contribution in [1.29, 1.82) is 0 Å². The van der Waals surface area contributed by atoms with Crippen molar-refractivity contribution in [3.63, 3.8) is 0 Å². The van der Waals surface area contributed by atoms with Crippen LogP contribution in [0.3, 0.4) is 0 Å². The molecule has 1 aromatic heterocycles. The van der Waals surface area contributed by atoms with Crippen molar-refractivity contribution < 1.29 is 4.39 Å². The van der Waals surface area contributed by atoms with E-state index in [1.165, 1.54) is 12.1 Å². The van der Waals surface area contributed by atoms with Crippen LogP contribution in [-0.2, 0) is 6.42 Å². The van der Waals surface area contributed by atoms with E-state index < -0.39 is 0 Å². The first kappa shape index (κ1) is 20.4. The molecule has 0 unspecified atom stereocenters. The molecule has 0 amide bonds. The number of rotatable bonds is 6. The third kappa shape index (κ3) is 5.82. The molecule has 2 aromatic rings. The van der Waals surface area contributed by atoms with E-state index in [1.807, 2.05) is 12.3 Å². The van der Waals surface area contributed by atoms with E-state index in [0.29, 0.717) is 12.6 Å². The molecule has 1 heterocycles. The minimum atomic E-state index is -0.244. The quantitative estimate of drug-likeness (QED) is 0.295. The standard InChI is InChI=1S/C19H24FN5.HI/c1-2-21-19(23-16-5-3-4-6-16)22-13-11-17-12-14-25(24-17)18-9-7-15(20)8-10-18;/h3-4,7-10,12,14,16H,2,5-6,11,13H2,1H3,(H2,21,22,23);1H. The summed E-state index contributed by atoms with van der Waals surface area (Å²) in [5.74, 6) is 0.612. The first-order chi connectivity index (χ1) is 12.2. The monoisotopic (exact) mass is 469 g/mol. The Morgan fingerprint density at radius 1 is 1.23 bits per heavy atom. The lowest BCUT2D eigenvalue weighted by molar-refractivity contribution is 0.627. The Kier molecular flexibility index (Phi) is 8.08. The van der Waals surface area contributed by atoms with Crippen LogP contribution in [-0.4, -0.2) is 34.9 Å². The van der Waals surface area contributed by atoms with Gasteiger partial charge in [-0.15, -0.1) is 24.0 Å². The number of benzene rings is 1. The van der Waals surface area contributed by atoms with E-state index in [-0.39, 0.29) is 29.8 Å². The second-order valence-electron chi connectivity index (χ2n) is 6.02. The third-order valence-electron chi connectivity index (χ3n) is 4.07. The Morgan fingerprint density at radius 2 is 1.96 bits per heavy atom. The fourth-order valence-corrected chi connectivity index (χ4v) is 2.76. The van der Waals surface area contributed by atoms with Gasteiger partial charge < -0.3 is 10.6 Å². The van der Waals surface area contributed by atoms with E-state index in [4.69, 9.17) is 0 Å². The SMILES string of the molecule is CCNC(=NCCc1ccn(-c2ccc(F)cc2)n1)NC1CC=CC1.I. The maximum Gasteiger partial charge on any atom is 0.191 e. The number of aromatic nitrogens is 2. The molecule has 2 N–H and O–H groups in total. The normalized spacial score (nSPS) is 14.3. The highest BCUT2D eigenvalue weighted by Crippen LogP contribution is 2.10. The van der Waals surface area contributed by atoms with Gasteiger partial charge in [0.2, 0.25) is 0 Å². The number of hydrogen-bond donors (Lipinski definition) is 2. The lowest BCUT2D eigenvalue weighted by Gasteiger charge is -2.16. The minimum Gasteiger partial charge on any atom is -0.357 e. The molecule has 0 saturated carbocycles. The van der Waals surface area contributed by atoms with E-state index in [2.05, 4.69) is 39.8 Å². The van der Waals surface area contributed by atoms with Gasteiger partial charge in [-0.2, -0.15) is 5.10 Å². The van der Waals surface area contributed by atoms with Crippen molar-refractivity contribution >= 4 is 29.9 Å². The van der Waals surface area contributed by atoms with Crippen LogP contribution in [0.15, 0.2) is 53.7 Å². The van der Waals surface area contributed by atoms with Crippen LogP contribution < -0.4 is 10.6 Å². The van der Waals surface area contributed by atoms with Crippen LogP contribution in [0.25, 0.3) is 5.69 Å². The summed E-state index contributed by atoms with van der Waals surface area (Å²) in [4.78, 5) is 4.63. The molecular weight excluding hydrogens is 444 g/mol. The molecular formula is C19H25FIN5. The zero-order chi connectivity index (χ0) is 17.5. The number of hydrogen-bond acceptors (Lipinski definition) is 2. The second kappa shape index (κ2) is 10.3. The lowest BCUT2D eigenvalue weighted by atomic mass is 10.2. The van der Waals surface area contributed by atoms with Gasteiger partial charge in [0.25, 0.3) is 0 Å². The molecule has 3 rings (SSSR count). The predicted molar refractivity (Wildman–Crippen MR) is 114 cm³/mol. The summed E-state index contributed by atoms with van der Waals surface area (Å²) in [6.45, 7) is 3.57. The molecule has 1 aliphatic rings. The number of aliphatic imine (C=N–C) groups is 1. The Hall–Kier alpha value is -1.90. The van der Waals surface area contributed by atoms with Crippen molar-refractivity contribution in [2.75, 3.05) is 13.1 Å². The van der Waals surface area contributed by atoms with Crippen molar-refractivity contribution in [2.45, 2.75) is 32.2 Å². The fraction of sp³-hybridized carbons (Fsp3) is 0.368. The number of halogens is 2. The maximum atomic E-state index is 13.0. The van der Waals surface area contributed by atoms with Gasteiger partial charge in [-0.3, -0.25) is 4.99 Å². The molecule has 0 radical (unpaired) electrons. The molecule has 140 valence electrons. The molecule has 26 heavy (non-hydrogen) atoms. The molecule has 0 spiro atoms. The van der Waals surface area contributed by atoms with E-state index in [9.17, 15) is 4.39 Å². The summed E-state index contributed by atoms with van der Waals surface area (Å²) in [7, 11) is 0. The highest BCUT2D eigenvalue weighted by Gasteiger charge is 2.11. The molecule has 5 nitrogen and oxygen atoms in total. The highest BCUT2D eigenvalue weighted by atomic mass is 127. The first-order valence-electron chi connectivity index (χ1n) is 8.75. The first-order valence-corrected chi connectivity index (χ1v) is 8.75. The van der Waals surface area contributed by atoms with Gasteiger partial charge >= 0.3 is 0 Å². The van der Waals surface area contributed by atoms with Crippen molar-refractivity contribution in [2.24, 2.45) is 4.99 Å². The van der Waals surface area contributed by atoms with Crippen molar-refractivity contribution in [3.8, 4) is 5.69 Å². The summed E-state index contributed by atoms with van der Waals surface area (Å²) in [6, 6.07) is 8.72. The number of nitrogens with zero attached hydrogens (tertiary/aromatic N) is 3. The summed E-state index contributed by atoms with van der Waals surface area (Å²) in [6.07, 6.45) is 9.14. The second-order valence-corrected chi connectivity index (χ2v) is 6.02. The summed E-state index contributed by atoms with van der Waals surface area (Å²) >= 11 is 0. The Labute approximate surface area is 170 Å². The molecule has 0 bridgehead atoms. The van der Waals surface area contributed by atoms with Gasteiger partial charge in [0, 0.05) is 31.7 Å². The number of nitrogens with one attached hydrogen (secondary N) is 2. The highest BCUT2D eigenvalue weighted by molar-refractivity contribution is 14.0. The number of guanidine groups is 1. The summed E-state index contributed by atoms with van der Waals surface area (Å²) in [5, 5.41) is 11.3.